The molecule has 0 unspecified atom stereocenters. The normalized spacial score (nSPS) is 10.8. The van der Waals surface area contributed by atoms with Crippen LogP contribution in [0.25, 0.3) is 16.9 Å². The van der Waals surface area contributed by atoms with E-state index in [9.17, 15) is 9.90 Å². The molecule has 0 saturated carbocycles. The van der Waals surface area contributed by atoms with E-state index in [1.165, 1.54) is 0 Å². The molecule has 1 heterocycles. The summed E-state index contributed by atoms with van der Waals surface area (Å²) in [6.45, 7) is 3.73. The van der Waals surface area contributed by atoms with Crippen LogP contribution in [0.2, 0.25) is 10.0 Å². The van der Waals surface area contributed by atoms with Crippen molar-refractivity contribution in [2.24, 2.45) is 0 Å². The van der Waals surface area contributed by atoms with E-state index in [4.69, 9.17) is 23.2 Å². The van der Waals surface area contributed by atoms with E-state index < -0.39 is 5.97 Å². The van der Waals surface area contributed by atoms with Crippen molar-refractivity contribution in [2.75, 3.05) is 0 Å². The maximum atomic E-state index is 11.5. The Kier molecular flexibility index (Phi) is 4.35. The zero-order valence-corrected chi connectivity index (χ0v) is 14.6. The van der Waals surface area contributed by atoms with Crippen molar-refractivity contribution in [3.8, 4) is 16.9 Å². The Morgan fingerprint density at radius 1 is 1.08 bits per heavy atom. The zero-order chi connectivity index (χ0) is 17.4. The molecule has 3 aromatic rings. The molecule has 0 aliphatic rings. The quantitative estimate of drug-likeness (QED) is 0.701. The molecule has 0 saturated heterocycles. The second kappa shape index (κ2) is 6.30. The van der Waals surface area contributed by atoms with Gasteiger partial charge in [0.2, 0.25) is 0 Å². The first kappa shape index (κ1) is 16.6. The van der Waals surface area contributed by atoms with Crippen LogP contribution in [0.1, 0.15) is 21.6 Å². The lowest BCUT2D eigenvalue weighted by Gasteiger charge is -2.11. The van der Waals surface area contributed by atoms with Gasteiger partial charge in [0.15, 0.2) is 5.69 Å². The number of carboxylic acids is 1. The van der Waals surface area contributed by atoms with Crippen molar-refractivity contribution >= 4 is 29.2 Å². The van der Waals surface area contributed by atoms with Gasteiger partial charge in [0.1, 0.15) is 0 Å². The molecule has 0 bridgehead atoms. The third-order valence-electron chi connectivity index (χ3n) is 3.79. The smallest absolute Gasteiger partial charge is 0.356 e. The Labute approximate surface area is 149 Å². The van der Waals surface area contributed by atoms with Crippen molar-refractivity contribution in [1.82, 2.24) is 9.78 Å². The van der Waals surface area contributed by atoms with Crippen LogP contribution < -0.4 is 0 Å². The summed E-state index contributed by atoms with van der Waals surface area (Å²) in [5, 5.41) is 14.6. The van der Waals surface area contributed by atoms with Gasteiger partial charge in [-0.05, 0) is 32.0 Å². The minimum absolute atomic E-state index is 0.00316. The minimum Gasteiger partial charge on any atom is -0.476 e. The molecule has 0 atom stereocenters. The predicted molar refractivity (Wildman–Crippen MR) is 95.5 cm³/mol. The first-order valence-electron chi connectivity index (χ1n) is 7.24. The number of aromatic carboxylic acids is 1. The fourth-order valence-electron chi connectivity index (χ4n) is 2.58. The highest BCUT2D eigenvalue weighted by Crippen LogP contribution is 2.32. The molecule has 0 spiro atoms. The van der Waals surface area contributed by atoms with Gasteiger partial charge in [0.25, 0.3) is 0 Å². The Morgan fingerprint density at radius 3 is 2.33 bits per heavy atom. The van der Waals surface area contributed by atoms with E-state index in [0.29, 0.717) is 27.0 Å². The average molecular weight is 361 g/mol. The molecule has 0 amide bonds. The first-order valence-corrected chi connectivity index (χ1v) is 7.99. The van der Waals surface area contributed by atoms with Gasteiger partial charge in [-0.2, -0.15) is 5.10 Å². The molecular weight excluding hydrogens is 347 g/mol. The monoisotopic (exact) mass is 360 g/mol. The second-order valence-electron chi connectivity index (χ2n) is 5.50. The van der Waals surface area contributed by atoms with E-state index in [2.05, 4.69) is 5.10 Å². The molecule has 24 heavy (non-hydrogen) atoms. The molecule has 0 radical (unpaired) electrons. The van der Waals surface area contributed by atoms with Gasteiger partial charge in [-0.3, -0.25) is 0 Å². The van der Waals surface area contributed by atoms with Gasteiger partial charge in [0, 0.05) is 16.1 Å². The predicted octanol–water partition coefficient (Wildman–Crippen LogP) is 5.16. The topological polar surface area (TPSA) is 55.1 Å². The lowest BCUT2D eigenvalue weighted by atomic mass is 10.0. The van der Waals surface area contributed by atoms with E-state index in [0.717, 1.165) is 11.1 Å². The fourth-order valence-corrected chi connectivity index (χ4v) is 3.07. The Bertz CT molecular complexity index is 931. The van der Waals surface area contributed by atoms with Crippen LogP contribution in [-0.4, -0.2) is 20.9 Å². The minimum atomic E-state index is -1.08. The van der Waals surface area contributed by atoms with Crippen LogP contribution in [0.5, 0.6) is 0 Å². The molecule has 6 heteroatoms. The molecule has 4 nitrogen and oxygen atoms in total. The van der Waals surface area contributed by atoms with Crippen LogP contribution in [-0.2, 0) is 0 Å². The number of carboxylic acid groups (broad SMARTS) is 1. The molecule has 0 aliphatic heterocycles. The summed E-state index contributed by atoms with van der Waals surface area (Å²) in [6.07, 6.45) is 0. The van der Waals surface area contributed by atoms with E-state index in [-0.39, 0.29) is 5.69 Å². The molecule has 1 N–H and O–H groups in total. The molecule has 3 rings (SSSR count). The molecule has 2 aromatic carbocycles. The number of rotatable bonds is 3. The zero-order valence-electron chi connectivity index (χ0n) is 13.0. The Balaban J connectivity index is 2.30. The van der Waals surface area contributed by atoms with Crippen LogP contribution >= 0.6 is 23.2 Å². The van der Waals surface area contributed by atoms with E-state index >= 15 is 0 Å². The summed E-state index contributed by atoms with van der Waals surface area (Å²) in [5.41, 5.74) is 3.83. The van der Waals surface area contributed by atoms with Crippen molar-refractivity contribution < 1.29 is 9.90 Å². The largest absolute Gasteiger partial charge is 0.476 e. The van der Waals surface area contributed by atoms with Gasteiger partial charge in [-0.15, -0.1) is 0 Å². The number of benzene rings is 2. The number of nitrogens with zero attached hydrogens (tertiary/aromatic N) is 2. The van der Waals surface area contributed by atoms with Gasteiger partial charge in [-0.25, -0.2) is 9.48 Å². The molecular formula is C18H14Cl2N2O2. The number of hydrogen-bond donors (Lipinski definition) is 1. The summed E-state index contributed by atoms with van der Waals surface area (Å²) < 4.78 is 1.56. The number of aromatic nitrogens is 2. The Morgan fingerprint density at radius 2 is 1.75 bits per heavy atom. The fraction of sp³-hybridized carbons (Fsp3) is 0.111. The number of halogens is 2. The second-order valence-corrected chi connectivity index (χ2v) is 6.34. The standard InChI is InChI=1S/C18H14Cl2N2O2/c1-10-3-5-12(6-4-10)17-11(2)16(18(23)24)21-22(17)15-8-7-13(19)9-14(15)20/h3-9H,1-2H3,(H,23,24). The van der Waals surface area contributed by atoms with Crippen molar-refractivity contribution in [1.29, 1.82) is 0 Å². The maximum Gasteiger partial charge on any atom is 0.356 e. The van der Waals surface area contributed by atoms with Gasteiger partial charge < -0.3 is 5.11 Å². The van der Waals surface area contributed by atoms with Gasteiger partial charge in [0.05, 0.1) is 16.4 Å². The number of hydrogen-bond acceptors (Lipinski definition) is 2. The lowest BCUT2D eigenvalue weighted by Crippen LogP contribution is -2.03. The highest BCUT2D eigenvalue weighted by Gasteiger charge is 2.22. The van der Waals surface area contributed by atoms with Crippen molar-refractivity contribution in [3.63, 3.8) is 0 Å². The van der Waals surface area contributed by atoms with Gasteiger partial charge >= 0.3 is 5.97 Å². The van der Waals surface area contributed by atoms with Crippen LogP contribution in [0.4, 0.5) is 0 Å². The summed E-state index contributed by atoms with van der Waals surface area (Å²) in [4.78, 5) is 11.5. The number of aryl methyl sites for hydroxylation is 1. The van der Waals surface area contributed by atoms with Crippen molar-refractivity contribution in [3.05, 3.63) is 69.3 Å². The number of carbonyl (C=O) groups is 1. The maximum absolute atomic E-state index is 11.5. The van der Waals surface area contributed by atoms with Crippen LogP contribution in [0.15, 0.2) is 42.5 Å². The molecule has 122 valence electrons. The summed E-state index contributed by atoms with van der Waals surface area (Å²) in [5.74, 6) is -1.08. The van der Waals surface area contributed by atoms with Crippen LogP contribution in [0, 0.1) is 13.8 Å². The SMILES string of the molecule is Cc1ccc(-c2c(C)c(C(=O)O)nn2-c2ccc(Cl)cc2Cl)cc1. The molecule has 1 aromatic heterocycles. The summed E-state index contributed by atoms with van der Waals surface area (Å²) in [7, 11) is 0. The average Bonchev–Trinajstić information content (AvgIpc) is 2.86. The highest BCUT2D eigenvalue weighted by molar-refractivity contribution is 6.35. The van der Waals surface area contributed by atoms with Gasteiger partial charge in [-0.1, -0.05) is 53.0 Å². The van der Waals surface area contributed by atoms with E-state index in [1.807, 2.05) is 31.2 Å². The van der Waals surface area contributed by atoms with Crippen molar-refractivity contribution in [2.45, 2.75) is 13.8 Å². The van der Waals surface area contributed by atoms with E-state index in [1.54, 1.807) is 29.8 Å². The third-order valence-corrected chi connectivity index (χ3v) is 4.33. The first-order chi connectivity index (χ1) is 11.4. The molecule has 0 fully saturated rings. The summed E-state index contributed by atoms with van der Waals surface area (Å²) in [6, 6.07) is 12.8. The lowest BCUT2D eigenvalue weighted by molar-refractivity contribution is 0.0689. The van der Waals surface area contributed by atoms with Crippen LogP contribution in [0.3, 0.4) is 0 Å². The molecule has 0 aliphatic carbocycles. The third kappa shape index (κ3) is 2.90. The highest BCUT2D eigenvalue weighted by atomic mass is 35.5. The Hall–Kier alpha value is -2.30. The summed E-state index contributed by atoms with van der Waals surface area (Å²) >= 11 is 12.3.